The number of methoxy groups -OCH3 is 1. The van der Waals surface area contributed by atoms with Gasteiger partial charge in [0, 0.05) is 12.8 Å². The van der Waals surface area contributed by atoms with Crippen molar-refractivity contribution in [2.75, 3.05) is 7.11 Å². The minimum Gasteiger partial charge on any atom is -0.363 e. The molecule has 1 atom stereocenters. The zero-order chi connectivity index (χ0) is 9.61. The third-order valence-corrected chi connectivity index (χ3v) is 1.29. The highest BCUT2D eigenvalue weighted by Crippen LogP contribution is 2.06. The van der Waals surface area contributed by atoms with Crippen molar-refractivity contribution in [3.8, 4) is 0 Å². The second-order valence-electron chi connectivity index (χ2n) is 2.47. The largest absolute Gasteiger partial charge is 0.363 e. The van der Waals surface area contributed by atoms with Crippen molar-refractivity contribution in [2.24, 2.45) is 0 Å². The fourth-order valence-corrected chi connectivity index (χ4v) is 0.502. The van der Waals surface area contributed by atoms with Crippen LogP contribution >= 0.6 is 0 Å². The molecule has 0 rings (SSSR count). The van der Waals surface area contributed by atoms with Gasteiger partial charge in [0.05, 0.1) is 0 Å². The van der Waals surface area contributed by atoms with Gasteiger partial charge < -0.3 is 15.2 Å². The summed E-state index contributed by atoms with van der Waals surface area (Å²) in [6, 6.07) is 0. The highest BCUT2D eigenvalue weighted by atomic mass is 16.6. The first-order valence-corrected chi connectivity index (χ1v) is 3.55. The van der Waals surface area contributed by atoms with Gasteiger partial charge in [-0.3, -0.25) is 0 Å². The molecule has 0 heterocycles. The molecule has 1 unspecified atom stereocenters. The van der Waals surface area contributed by atoms with Crippen LogP contribution in [0.2, 0.25) is 0 Å². The van der Waals surface area contributed by atoms with E-state index in [4.69, 9.17) is 4.74 Å². The van der Waals surface area contributed by atoms with Gasteiger partial charge in [-0.25, -0.2) is 0 Å². The summed E-state index contributed by atoms with van der Waals surface area (Å²) < 4.78 is 4.74. The van der Waals surface area contributed by atoms with E-state index in [0.29, 0.717) is 5.70 Å². The zero-order valence-electron chi connectivity index (χ0n) is 7.50. The van der Waals surface area contributed by atoms with E-state index >= 15 is 0 Å². The first kappa shape index (κ1) is 10.9. The Morgan fingerprint density at radius 3 is 2.67 bits per heavy atom. The molecule has 0 saturated carbocycles. The van der Waals surface area contributed by atoms with Crippen molar-refractivity contribution in [1.29, 1.82) is 0 Å². The summed E-state index contributed by atoms with van der Waals surface area (Å²) in [5, 5.41) is 12.1. The zero-order valence-corrected chi connectivity index (χ0v) is 7.50. The Morgan fingerprint density at radius 2 is 2.25 bits per heavy atom. The highest BCUT2D eigenvalue weighted by molar-refractivity contribution is 5.16. The smallest absolute Gasteiger partial charge is 0.182 e. The van der Waals surface area contributed by atoms with Crippen molar-refractivity contribution >= 4 is 0 Å². The van der Waals surface area contributed by atoms with Crippen LogP contribution < -0.4 is 5.32 Å². The molecule has 0 aliphatic heterocycles. The van der Waals surface area contributed by atoms with Gasteiger partial charge in [-0.2, -0.15) is 0 Å². The van der Waals surface area contributed by atoms with Crippen LogP contribution in [0.1, 0.15) is 6.92 Å². The van der Waals surface area contributed by atoms with Crippen LogP contribution in [0.3, 0.4) is 0 Å². The summed E-state index contributed by atoms with van der Waals surface area (Å²) in [5.41, 5.74) is 0.641. The minimum atomic E-state index is -1.24. The molecule has 0 bridgehead atoms. The summed E-state index contributed by atoms with van der Waals surface area (Å²) in [4.78, 5) is 0. The molecular weight excluding hydrogens is 154 g/mol. The van der Waals surface area contributed by atoms with E-state index in [1.807, 2.05) is 0 Å². The van der Waals surface area contributed by atoms with Crippen molar-refractivity contribution in [2.45, 2.75) is 12.7 Å². The first-order chi connectivity index (χ1) is 5.52. The van der Waals surface area contributed by atoms with E-state index in [0.717, 1.165) is 0 Å². The Hall–Kier alpha value is -1.06. The Bertz CT molecular complexity index is 195. The fraction of sp³-hybridized carbons (Fsp3) is 0.333. The van der Waals surface area contributed by atoms with Crippen LogP contribution in [0.5, 0.6) is 0 Å². The average Bonchev–Trinajstić information content (AvgIpc) is 2.02. The second kappa shape index (κ2) is 4.74. The van der Waals surface area contributed by atoms with E-state index in [-0.39, 0.29) is 0 Å². The molecule has 0 aromatic carbocycles. The van der Waals surface area contributed by atoms with Crippen LogP contribution in [0.25, 0.3) is 0 Å². The fourth-order valence-electron chi connectivity index (χ4n) is 0.502. The van der Waals surface area contributed by atoms with Crippen LogP contribution in [-0.4, -0.2) is 18.0 Å². The SMILES string of the molecule is C=CNC(=C)/C=C\C(C)(O)OC. The lowest BCUT2D eigenvalue weighted by atomic mass is 10.2. The number of rotatable bonds is 5. The molecule has 0 aliphatic carbocycles. The van der Waals surface area contributed by atoms with Crippen LogP contribution in [0, 0.1) is 0 Å². The third kappa shape index (κ3) is 4.71. The van der Waals surface area contributed by atoms with Crippen LogP contribution in [-0.2, 0) is 4.74 Å². The molecule has 68 valence electrons. The van der Waals surface area contributed by atoms with Gasteiger partial charge in [-0.1, -0.05) is 13.2 Å². The van der Waals surface area contributed by atoms with E-state index in [2.05, 4.69) is 18.5 Å². The predicted octanol–water partition coefficient (Wildman–Crippen LogP) is 1.14. The topological polar surface area (TPSA) is 41.5 Å². The maximum Gasteiger partial charge on any atom is 0.182 e. The molecule has 0 aromatic heterocycles. The second-order valence-corrected chi connectivity index (χ2v) is 2.47. The van der Waals surface area contributed by atoms with Crippen molar-refractivity contribution in [3.05, 3.63) is 37.2 Å². The van der Waals surface area contributed by atoms with Crippen LogP contribution in [0.4, 0.5) is 0 Å². The van der Waals surface area contributed by atoms with Crippen molar-refractivity contribution < 1.29 is 9.84 Å². The minimum absolute atomic E-state index is 0.641. The lowest BCUT2D eigenvalue weighted by Gasteiger charge is -2.16. The predicted molar refractivity (Wildman–Crippen MR) is 49.2 cm³/mol. The summed E-state index contributed by atoms with van der Waals surface area (Å²) >= 11 is 0. The summed E-state index contributed by atoms with van der Waals surface area (Å²) in [6.07, 6.45) is 4.62. The molecule has 0 aliphatic rings. The maximum atomic E-state index is 9.34. The standard InChI is InChI=1S/C9H15NO2/c1-5-10-8(2)6-7-9(3,11)12-4/h5-7,10-11H,1-2H2,3-4H3/b7-6-. The molecule has 3 heteroatoms. The van der Waals surface area contributed by atoms with E-state index in [1.54, 1.807) is 6.08 Å². The number of allylic oxidation sites excluding steroid dienone is 1. The Labute approximate surface area is 73.0 Å². The molecule has 0 saturated heterocycles. The van der Waals surface area contributed by atoms with Gasteiger partial charge >= 0.3 is 0 Å². The monoisotopic (exact) mass is 169 g/mol. The summed E-state index contributed by atoms with van der Waals surface area (Å²) in [5.74, 6) is -1.24. The lowest BCUT2D eigenvalue weighted by Crippen LogP contribution is -2.23. The molecule has 0 fully saturated rings. The Morgan fingerprint density at radius 1 is 1.67 bits per heavy atom. The maximum absolute atomic E-state index is 9.34. The van der Waals surface area contributed by atoms with Gasteiger partial charge in [0.2, 0.25) is 0 Å². The van der Waals surface area contributed by atoms with Gasteiger partial charge in [0.15, 0.2) is 5.79 Å². The van der Waals surface area contributed by atoms with Crippen molar-refractivity contribution in [3.63, 3.8) is 0 Å². The highest BCUT2D eigenvalue weighted by Gasteiger charge is 2.12. The summed E-state index contributed by atoms with van der Waals surface area (Å²) in [7, 11) is 1.42. The molecule has 0 radical (unpaired) electrons. The number of hydrogen-bond donors (Lipinski definition) is 2. The molecule has 0 amide bonds. The number of nitrogens with one attached hydrogen (secondary N) is 1. The van der Waals surface area contributed by atoms with E-state index < -0.39 is 5.79 Å². The average molecular weight is 169 g/mol. The van der Waals surface area contributed by atoms with Gasteiger partial charge in [-0.15, -0.1) is 0 Å². The normalized spacial score (nSPS) is 15.6. The molecular formula is C9H15NO2. The van der Waals surface area contributed by atoms with Crippen LogP contribution in [0.15, 0.2) is 37.2 Å². The Kier molecular flexibility index (Phi) is 4.33. The van der Waals surface area contributed by atoms with Gasteiger partial charge in [-0.05, 0) is 25.3 Å². The van der Waals surface area contributed by atoms with Gasteiger partial charge in [0.1, 0.15) is 0 Å². The number of ether oxygens (including phenoxy) is 1. The quantitative estimate of drug-likeness (QED) is 0.479. The molecule has 2 N–H and O–H groups in total. The third-order valence-electron chi connectivity index (χ3n) is 1.29. The lowest BCUT2D eigenvalue weighted by molar-refractivity contribution is -0.130. The van der Waals surface area contributed by atoms with E-state index in [1.165, 1.54) is 26.3 Å². The number of aliphatic hydroxyl groups is 1. The summed E-state index contributed by atoms with van der Waals surface area (Å²) in [6.45, 7) is 8.64. The molecule has 0 spiro atoms. The molecule has 12 heavy (non-hydrogen) atoms. The molecule has 0 aromatic rings. The first-order valence-electron chi connectivity index (χ1n) is 3.55. The van der Waals surface area contributed by atoms with Gasteiger partial charge in [0.25, 0.3) is 0 Å². The molecule has 3 nitrogen and oxygen atoms in total. The van der Waals surface area contributed by atoms with Crippen molar-refractivity contribution in [1.82, 2.24) is 5.32 Å². The van der Waals surface area contributed by atoms with E-state index in [9.17, 15) is 5.11 Å². The Balaban J connectivity index is 4.05. The number of hydrogen-bond acceptors (Lipinski definition) is 3.